The SMILES string of the molecule is COCCC(=O)Cc1ccccc1. The molecule has 0 spiro atoms. The van der Waals surface area contributed by atoms with Gasteiger partial charge in [-0.25, -0.2) is 0 Å². The number of methoxy groups -OCH3 is 1. The van der Waals surface area contributed by atoms with E-state index in [1.807, 2.05) is 30.3 Å². The number of carbonyl (C=O) groups excluding carboxylic acids is 1. The van der Waals surface area contributed by atoms with Gasteiger partial charge in [0, 0.05) is 20.0 Å². The van der Waals surface area contributed by atoms with Crippen LogP contribution in [0.5, 0.6) is 0 Å². The first kappa shape index (κ1) is 9.93. The number of ether oxygens (including phenoxy) is 1. The molecule has 0 aromatic heterocycles. The van der Waals surface area contributed by atoms with Crippen molar-refractivity contribution in [3.05, 3.63) is 35.9 Å². The Hall–Kier alpha value is -1.15. The van der Waals surface area contributed by atoms with Crippen molar-refractivity contribution in [2.45, 2.75) is 12.8 Å². The molecule has 0 radical (unpaired) electrons. The molecular weight excluding hydrogens is 164 g/mol. The van der Waals surface area contributed by atoms with E-state index in [9.17, 15) is 4.79 Å². The Morgan fingerprint density at radius 2 is 2.00 bits per heavy atom. The van der Waals surface area contributed by atoms with Gasteiger partial charge in [-0.1, -0.05) is 30.3 Å². The molecule has 1 aromatic carbocycles. The van der Waals surface area contributed by atoms with Gasteiger partial charge in [0.05, 0.1) is 6.61 Å². The lowest BCUT2D eigenvalue weighted by molar-refractivity contribution is -0.119. The predicted octanol–water partition coefficient (Wildman–Crippen LogP) is 1.83. The zero-order chi connectivity index (χ0) is 9.52. The van der Waals surface area contributed by atoms with Crippen LogP contribution in [-0.2, 0) is 16.0 Å². The average Bonchev–Trinajstić information content (AvgIpc) is 2.16. The Morgan fingerprint density at radius 1 is 1.31 bits per heavy atom. The van der Waals surface area contributed by atoms with E-state index >= 15 is 0 Å². The van der Waals surface area contributed by atoms with Crippen LogP contribution >= 0.6 is 0 Å². The lowest BCUT2D eigenvalue weighted by Crippen LogP contribution is -2.05. The van der Waals surface area contributed by atoms with Gasteiger partial charge in [-0.2, -0.15) is 0 Å². The number of ketones is 1. The second-order valence-electron chi connectivity index (χ2n) is 2.94. The normalized spacial score (nSPS) is 9.92. The van der Waals surface area contributed by atoms with E-state index in [4.69, 9.17) is 4.74 Å². The highest BCUT2D eigenvalue weighted by molar-refractivity contribution is 5.80. The van der Waals surface area contributed by atoms with Gasteiger partial charge in [0.2, 0.25) is 0 Å². The third kappa shape index (κ3) is 3.85. The topological polar surface area (TPSA) is 26.3 Å². The van der Waals surface area contributed by atoms with Crippen molar-refractivity contribution < 1.29 is 9.53 Å². The maximum Gasteiger partial charge on any atom is 0.139 e. The molecule has 1 rings (SSSR count). The Morgan fingerprint density at radius 3 is 2.62 bits per heavy atom. The molecule has 2 nitrogen and oxygen atoms in total. The summed E-state index contributed by atoms with van der Waals surface area (Å²) < 4.78 is 4.83. The molecule has 1 aromatic rings. The minimum atomic E-state index is 0.230. The number of hydrogen-bond donors (Lipinski definition) is 0. The number of benzene rings is 1. The number of rotatable bonds is 5. The van der Waals surface area contributed by atoms with Crippen LogP contribution in [0, 0.1) is 0 Å². The first-order chi connectivity index (χ1) is 6.33. The molecule has 0 atom stereocenters. The van der Waals surface area contributed by atoms with Crippen molar-refractivity contribution >= 4 is 5.78 Å². The van der Waals surface area contributed by atoms with E-state index < -0.39 is 0 Å². The van der Waals surface area contributed by atoms with Gasteiger partial charge in [-0.3, -0.25) is 4.79 Å². The van der Waals surface area contributed by atoms with Crippen LogP contribution in [0.3, 0.4) is 0 Å². The molecule has 0 amide bonds. The molecule has 0 heterocycles. The van der Waals surface area contributed by atoms with E-state index in [0.717, 1.165) is 5.56 Å². The van der Waals surface area contributed by atoms with E-state index in [-0.39, 0.29) is 5.78 Å². The quantitative estimate of drug-likeness (QED) is 0.687. The van der Waals surface area contributed by atoms with Crippen molar-refractivity contribution in [1.82, 2.24) is 0 Å². The fraction of sp³-hybridized carbons (Fsp3) is 0.364. The van der Waals surface area contributed by atoms with Gasteiger partial charge in [0.25, 0.3) is 0 Å². The first-order valence-corrected chi connectivity index (χ1v) is 4.37. The minimum absolute atomic E-state index is 0.230. The molecule has 2 heteroatoms. The standard InChI is InChI=1S/C11H14O2/c1-13-8-7-11(12)9-10-5-3-2-4-6-10/h2-6H,7-9H2,1H3. The number of hydrogen-bond acceptors (Lipinski definition) is 2. The van der Waals surface area contributed by atoms with Gasteiger partial charge in [-0.05, 0) is 5.56 Å². The van der Waals surface area contributed by atoms with Crippen LogP contribution in [0.25, 0.3) is 0 Å². The van der Waals surface area contributed by atoms with Crippen LogP contribution in [0.1, 0.15) is 12.0 Å². The molecule has 0 aliphatic carbocycles. The van der Waals surface area contributed by atoms with Crippen molar-refractivity contribution in [1.29, 1.82) is 0 Å². The van der Waals surface area contributed by atoms with Gasteiger partial charge in [0.15, 0.2) is 0 Å². The maximum atomic E-state index is 11.3. The summed E-state index contributed by atoms with van der Waals surface area (Å²) in [5.74, 6) is 0.230. The highest BCUT2D eigenvalue weighted by atomic mass is 16.5. The predicted molar refractivity (Wildman–Crippen MR) is 51.6 cm³/mol. The summed E-state index contributed by atoms with van der Waals surface area (Å²) in [7, 11) is 1.61. The molecule has 13 heavy (non-hydrogen) atoms. The summed E-state index contributed by atoms with van der Waals surface area (Å²) in [4.78, 5) is 11.3. The molecule has 0 fully saturated rings. The number of carbonyl (C=O) groups is 1. The zero-order valence-corrected chi connectivity index (χ0v) is 7.82. The van der Waals surface area contributed by atoms with Crippen molar-refractivity contribution in [3.63, 3.8) is 0 Å². The van der Waals surface area contributed by atoms with Crippen molar-refractivity contribution in [2.24, 2.45) is 0 Å². The third-order valence-corrected chi connectivity index (χ3v) is 1.83. The van der Waals surface area contributed by atoms with Crippen LogP contribution in [0.4, 0.5) is 0 Å². The molecule has 0 aliphatic heterocycles. The van der Waals surface area contributed by atoms with E-state index in [1.54, 1.807) is 7.11 Å². The number of Topliss-reactive ketones (excluding diaryl/α,β-unsaturated/α-hetero) is 1. The lowest BCUT2D eigenvalue weighted by atomic mass is 10.1. The van der Waals surface area contributed by atoms with Crippen LogP contribution in [0.15, 0.2) is 30.3 Å². The molecule has 70 valence electrons. The third-order valence-electron chi connectivity index (χ3n) is 1.83. The molecule has 0 bridgehead atoms. The zero-order valence-electron chi connectivity index (χ0n) is 7.82. The summed E-state index contributed by atoms with van der Waals surface area (Å²) >= 11 is 0. The summed E-state index contributed by atoms with van der Waals surface area (Å²) in [5, 5.41) is 0. The van der Waals surface area contributed by atoms with Gasteiger partial charge >= 0.3 is 0 Å². The summed E-state index contributed by atoms with van der Waals surface area (Å²) in [6.07, 6.45) is 1.02. The highest BCUT2D eigenvalue weighted by Crippen LogP contribution is 2.01. The van der Waals surface area contributed by atoms with Gasteiger partial charge in [0.1, 0.15) is 5.78 Å². The lowest BCUT2D eigenvalue weighted by Gasteiger charge is -1.99. The Labute approximate surface area is 78.5 Å². The van der Waals surface area contributed by atoms with E-state index in [2.05, 4.69) is 0 Å². The molecular formula is C11H14O2. The second-order valence-corrected chi connectivity index (χ2v) is 2.94. The average molecular weight is 178 g/mol. The fourth-order valence-corrected chi connectivity index (χ4v) is 1.13. The van der Waals surface area contributed by atoms with Crippen LogP contribution in [-0.4, -0.2) is 19.5 Å². The monoisotopic (exact) mass is 178 g/mol. The first-order valence-electron chi connectivity index (χ1n) is 4.37. The smallest absolute Gasteiger partial charge is 0.139 e. The summed E-state index contributed by atoms with van der Waals surface area (Å²) in [6.45, 7) is 0.520. The van der Waals surface area contributed by atoms with Crippen molar-refractivity contribution in [2.75, 3.05) is 13.7 Å². The summed E-state index contributed by atoms with van der Waals surface area (Å²) in [5.41, 5.74) is 1.07. The molecule has 0 aliphatic rings. The Balaban J connectivity index is 2.37. The highest BCUT2D eigenvalue weighted by Gasteiger charge is 2.01. The fourth-order valence-electron chi connectivity index (χ4n) is 1.13. The summed E-state index contributed by atoms with van der Waals surface area (Å²) in [6, 6.07) is 9.76. The van der Waals surface area contributed by atoms with Gasteiger partial charge < -0.3 is 4.74 Å². The molecule has 0 N–H and O–H groups in total. The molecule has 0 saturated heterocycles. The van der Waals surface area contributed by atoms with Gasteiger partial charge in [-0.15, -0.1) is 0 Å². The van der Waals surface area contributed by atoms with E-state index in [1.165, 1.54) is 0 Å². The largest absolute Gasteiger partial charge is 0.384 e. The second kappa shape index (κ2) is 5.49. The molecule has 0 saturated carbocycles. The minimum Gasteiger partial charge on any atom is -0.384 e. The van der Waals surface area contributed by atoms with Crippen LogP contribution < -0.4 is 0 Å². The van der Waals surface area contributed by atoms with Crippen LogP contribution in [0.2, 0.25) is 0 Å². The maximum absolute atomic E-state index is 11.3. The Kier molecular flexibility index (Phi) is 4.19. The molecule has 0 unspecified atom stereocenters. The van der Waals surface area contributed by atoms with Crippen molar-refractivity contribution in [3.8, 4) is 0 Å². The van der Waals surface area contributed by atoms with E-state index in [0.29, 0.717) is 19.4 Å². The Bertz CT molecular complexity index is 254.